The van der Waals surface area contributed by atoms with Crippen molar-refractivity contribution in [1.82, 2.24) is 15.5 Å². The normalized spacial score (nSPS) is 17.3. The van der Waals surface area contributed by atoms with Crippen LogP contribution >= 0.6 is 11.8 Å². The van der Waals surface area contributed by atoms with Crippen molar-refractivity contribution in [2.45, 2.75) is 62.0 Å². The molecule has 1 saturated carbocycles. The standard InChI is InChI=1S/C19H22N4O2S/c1-13-8-4-5-9-15(13)17-22-23-18(25-17)26-14(2)16(24)21-19(12-20)10-6-3-7-11-19/h4-5,8-9,14H,3,6-7,10-11H2,1-2H3,(H,21,24)/t14-/m0/s1. The topological polar surface area (TPSA) is 91.8 Å². The molecule has 2 aromatic rings. The Morgan fingerprint density at radius 3 is 2.73 bits per heavy atom. The van der Waals surface area contributed by atoms with Gasteiger partial charge in [0.1, 0.15) is 5.54 Å². The van der Waals surface area contributed by atoms with Crippen LogP contribution in [0, 0.1) is 18.3 Å². The molecule has 136 valence electrons. The molecule has 1 aromatic carbocycles. The fourth-order valence-electron chi connectivity index (χ4n) is 3.14. The molecular formula is C19H22N4O2S. The van der Waals surface area contributed by atoms with Crippen molar-refractivity contribution in [3.8, 4) is 17.5 Å². The summed E-state index contributed by atoms with van der Waals surface area (Å²) in [6.07, 6.45) is 4.49. The van der Waals surface area contributed by atoms with Crippen LogP contribution in [0.15, 0.2) is 33.9 Å². The second kappa shape index (κ2) is 7.92. The molecule has 0 spiro atoms. The summed E-state index contributed by atoms with van der Waals surface area (Å²) in [5.74, 6) is 0.271. The molecule has 1 aromatic heterocycles. The fraction of sp³-hybridized carbons (Fsp3) is 0.474. The van der Waals surface area contributed by atoms with Gasteiger partial charge in [0, 0.05) is 5.56 Å². The van der Waals surface area contributed by atoms with Crippen LogP contribution < -0.4 is 5.32 Å². The molecule has 1 fully saturated rings. The van der Waals surface area contributed by atoms with E-state index in [0.29, 0.717) is 24.0 Å². The van der Waals surface area contributed by atoms with Crippen molar-refractivity contribution in [1.29, 1.82) is 5.26 Å². The number of rotatable bonds is 5. The van der Waals surface area contributed by atoms with Crippen LogP contribution in [0.25, 0.3) is 11.5 Å². The van der Waals surface area contributed by atoms with Gasteiger partial charge >= 0.3 is 0 Å². The van der Waals surface area contributed by atoms with E-state index in [1.807, 2.05) is 31.2 Å². The maximum Gasteiger partial charge on any atom is 0.277 e. The van der Waals surface area contributed by atoms with Crippen LogP contribution in [-0.2, 0) is 4.79 Å². The molecule has 1 heterocycles. The summed E-state index contributed by atoms with van der Waals surface area (Å²) in [6.45, 7) is 3.76. The van der Waals surface area contributed by atoms with Gasteiger partial charge in [0.2, 0.25) is 11.8 Å². The summed E-state index contributed by atoms with van der Waals surface area (Å²) in [5.41, 5.74) is 1.20. The number of carbonyl (C=O) groups excluding carboxylic acids is 1. The largest absolute Gasteiger partial charge is 0.411 e. The molecule has 7 heteroatoms. The zero-order chi connectivity index (χ0) is 18.6. The first-order chi connectivity index (χ1) is 12.5. The maximum atomic E-state index is 12.5. The Morgan fingerprint density at radius 2 is 2.04 bits per heavy atom. The highest BCUT2D eigenvalue weighted by molar-refractivity contribution is 8.00. The minimum absolute atomic E-state index is 0.172. The predicted molar refractivity (Wildman–Crippen MR) is 99.4 cm³/mol. The summed E-state index contributed by atoms with van der Waals surface area (Å²) in [5, 5.41) is 20.5. The van der Waals surface area contributed by atoms with Gasteiger partial charge in [0.15, 0.2) is 0 Å². The second-order valence-electron chi connectivity index (χ2n) is 6.69. The third kappa shape index (κ3) is 4.07. The van der Waals surface area contributed by atoms with Gasteiger partial charge in [0.25, 0.3) is 5.22 Å². The number of carbonyl (C=O) groups is 1. The van der Waals surface area contributed by atoms with Crippen molar-refractivity contribution >= 4 is 17.7 Å². The van der Waals surface area contributed by atoms with E-state index >= 15 is 0 Å². The highest BCUT2D eigenvalue weighted by Crippen LogP contribution is 2.30. The molecule has 1 aliphatic carbocycles. The van der Waals surface area contributed by atoms with Crippen molar-refractivity contribution < 1.29 is 9.21 Å². The first-order valence-electron chi connectivity index (χ1n) is 8.82. The van der Waals surface area contributed by atoms with E-state index in [-0.39, 0.29) is 5.91 Å². The number of thioether (sulfide) groups is 1. The number of nitrogens with one attached hydrogen (secondary N) is 1. The van der Waals surface area contributed by atoms with Gasteiger partial charge in [-0.3, -0.25) is 4.79 Å². The predicted octanol–water partition coefficient (Wildman–Crippen LogP) is 3.87. The van der Waals surface area contributed by atoms with Crippen LogP contribution in [-0.4, -0.2) is 26.9 Å². The van der Waals surface area contributed by atoms with Gasteiger partial charge in [-0.2, -0.15) is 5.26 Å². The third-order valence-electron chi connectivity index (χ3n) is 4.71. The van der Waals surface area contributed by atoms with Crippen LogP contribution in [0.1, 0.15) is 44.6 Å². The molecular weight excluding hydrogens is 348 g/mol. The first kappa shape index (κ1) is 18.5. The van der Waals surface area contributed by atoms with E-state index in [1.165, 1.54) is 11.8 Å². The smallest absolute Gasteiger partial charge is 0.277 e. The minimum atomic E-state index is -0.731. The van der Waals surface area contributed by atoms with Crippen LogP contribution in [0.5, 0.6) is 0 Å². The monoisotopic (exact) mass is 370 g/mol. The zero-order valence-corrected chi connectivity index (χ0v) is 15.8. The van der Waals surface area contributed by atoms with Gasteiger partial charge in [-0.25, -0.2) is 0 Å². The van der Waals surface area contributed by atoms with Crippen molar-refractivity contribution in [3.05, 3.63) is 29.8 Å². The summed E-state index contributed by atoms with van der Waals surface area (Å²) in [6, 6.07) is 10.1. The van der Waals surface area contributed by atoms with E-state index < -0.39 is 10.8 Å². The summed E-state index contributed by atoms with van der Waals surface area (Å²) >= 11 is 1.21. The molecule has 0 aliphatic heterocycles. The molecule has 26 heavy (non-hydrogen) atoms. The lowest BCUT2D eigenvalue weighted by molar-refractivity contribution is -0.122. The highest BCUT2D eigenvalue weighted by atomic mass is 32.2. The van der Waals surface area contributed by atoms with Crippen molar-refractivity contribution in [3.63, 3.8) is 0 Å². The number of benzene rings is 1. The van der Waals surface area contributed by atoms with E-state index in [9.17, 15) is 10.1 Å². The maximum absolute atomic E-state index is 12.5. The Kier molecular flexibility index (Phi) is 5.62. The Labute approximate surface area is 157 Å². The van der Waals surface area contributed by atoms with Gasteiger partial charge in [-0.15, -0.1) is 10.2 Å². The fourth-order valence-corrected chi connectivity index (χ4v) is 3.82. The molecule has 0 radical (unpaired) electrons. The molecule has 1 aliphatic rings. The Balaban J connectivity index is 1.65. The molecule has 0 bridgehead atoms. The first-order valence-corrected chi connectivity index (χ1v) is 9.70. The second-order valence-corrected chi connectivity index (χ2v) is 7.98. The summed E-state index contributed by atoms with van der Waals surface area (Å²) in [4.78, 5) is 12.5. The summed E-state index contributed by atoms with van der Waals surface area (Å²) in [7, 11) is 0. The number of nitrogens with zero attached hydrogens (tertiary/aromatic N) is 3. The van der Waals surface area contributed by atoms with E-state index in [4.69, 9.17) is 4.42 Å². The molecule has 0 saturated heterocycles. The molecule has 1 atom stereocenters. The molecule has 0 unspecified atom stereocenters. The SMILES string of the molecule is Cc1ccccc1-c1nnc(S[C@@H](C)C(=O)NC2(C#N)CCCCC2)o1. The Bertz CT molecular complexity index is 821. The van der Waals surface area contributed by atoms with Gasteiger partial charge in [0.05, 0.1) is 11.3 Å². The summed E-state index contributed by atoms with van der Waals surface area (Å²) < 4.78 is 5.71. The highest BCUT2D eigenvalue weighted by Gasteiger charge is 2.35. The number of amides is 1. The average molecular weight is 370 g/mol. The minimum Gasteiger partial charge on any atom is -0.411 e. The number of hydrogen-bond donors (Lipinski definition) is 1. The lowest BCUT2D eigenvalue weighted by atomic mass is 9.83. The zero-order valence-electron chi connectivity index (χ0n) is 15.0. The number of hydrogen-bond acceptors (Lipinski definition) is 6. The van der Waals surface area contributed by atoms with E-state index in [1.54, 1.807) is 6.92 Å². The van der Waals surface area contributed by atoms with Gasteiger partial charge < -0.3 is 9.73 Å². The van der Waals surface area contributed by atoms with E-state index in [0.717, 1.165) is 30.4 Å². The van der Waals surface area contributed by atoms with Gasteiger partial charge in [-0.05, 0) is 38.3 Å². The number of aryl methyl sites for hydroxylation is 1. The Hall–Kier alpha value is -2.33. The van der Waals surface area contributed by atoms with E-state index in [2.05, 4.69) is 21.6 Å². The third-order valence-corrected chi connectivity index (χ3v) is 5.65. The van der Waals surface area contributed by atoms with Crippen LogP contribution in [0.2, 0.25) is 0 Å². The lowest BCUT2D eigenvalue weighted by Crippen LogP contribution is -2.50. The van der Waals surface area contributed by atoms with Crippen molar-refractivity contribution in [2.24, 2.45) is 0 Å². The van der Waals surface area contributed by atoms with Crippen LogP contribution in [0.4, 0.5) is 0 Å². The Morgan fingerprint density at radius 1 is 1.31 bits per heavy atom. The number of aromatic nitrogens is 2. The van der Waals surface area contributed by atoms with Crippen LogP contribution in [0.3, 0.4) is 0 Å². The molecule has 6 nitrogen and oxygen atoms in total. The molecule has 1 N–H and O–H groups in total. The molecule has 1 amide bonds. The molecule has 3 rings (SSSR count). The quantitative estimate of drug-likeness (QED) is 0.803. The van der Waals surface area contributed by atoms with Gasteiger partial charge in [-0.1, -0.05) is 49.2 Å². The van der Waals surface area contributed by atoms with Crippen molar-refractivity contribution in [2.75, 3.05) is 0 Å². The lowest BCUT2D eigenvalue weighted by Gasteiger charge is -2.32. The average Bonchev–Trinajstić information content (AvgIpc) is 3.11. The number of nitriles is 1.